The molecule has 3 aromatic rings. The van der Waals surface area contributed by atoms with Crippen molar-refractivity contribution >= 4 is 23.4 Å². The number of ether oxygens (including phenoxy) is 2. The second-order valence-corrected chi connectivity index (χ2v) is 8.43. The van der Waals surface area contributed by atoms with E-state index in [1.165, 1.54) is 0 Å². The number of allylic oxidation sites excluding steroid dienone is 1. The van der Waals surface area contributed by atoms with Crippen molar-refractivity contribution in [2.45, 2.75) is 17.9 Å². The van der Waals surface area contributed by atoms with E-state index < -0.39 is 6.04 Å². The maximum Gasteiger partial charge on any atom is 0.322 e. The van der Waals surface area contributed by atoms with Gasteiger partial charge < -0.3 is 19.3 Å². The third kappa shape index (κ3) is 4.38. The van der Waals surface area contributed by atoms with Gasteiger partial charge in [0.2, 0.25) is 5.82 Å². The van der Waals surface area contributed by atoms with E-state index in [9.17, 15) is 4.79 Å². The van der Waals surface area contributed by atoms with Gasteiger partial charge in [0, 0.05) is 22.7 Å². The number of hydrogen-bond acceptors (Lipinski definition) is 7. The second kappa shape index (κ2) is 10.0. The van der Waals surface area contributed by atoms with Gasteiger partial charge in [-0.05, 0) is 55.1 Å². The van der Waals surface area contributed by atoms with E-state index in [2.05, 4.69) is 22.0 Å². The monoisotopic (exact) mass is 478 g/mol. The van der Waals surface area contributed by atoms with Crippen molar-refractivity contribution in [1.82, 2.24) is 20.4 Å². The maximum atomic E-state index is 12.9. The molecular formula is C25H26N4O4S. The van der Waals surface area contributed by atoms with E-state index in [1.54, 1.807) is 43.0 Å². The summed E-state index contributed by atoms with van der Waals surface area (Å²) in [6, 6.07) is 12.7. The molecule has 0 radical (unpaired) electrons. The Bertz CT molecular complexity index is 1240. The van der Waals surface area contributed by atoms with Crippen LogP contribution in [-0.2, 0) is 0 Å². The average molecular weight is 479 g/mol. The number of benzene rings is 2. The molecule has 2 aromatic carbocycles. The van der Waals surface area contributed by atoms with Crippen molar-refractivity contribution in [3.8, 4) is 22.9 Å². The molecular weight excluding hydrogens is 452 g/mol. The molecule has 0 spiro atoms. The lowest BCUT2D eigenvalue weighted by atomic mass is 9.94. The molecule has 1 aliphatic rings. The molecule has 1 aliphatic heterocycles. The average Bonchev–Trinajstić information content (AvgIpc) is 3.35. The van der Waals surface area contributed by atoms with Gasteiger partial charge in [-0.1, -0.05) is 17.3 Å². The molecule has 0 fully saturated rings. The summed E-state index contributed by atoms with van der Waals surface area (Å²) in [5.41, 5.74) is 3.05. The third-order valence-electron chi connectivity index (χ3n) is 5.65. The predicted octanol–water partition coefficient (Wildman–Crippen LogP) is 5.16. The van der Waals surface area contributed by atoms with Crippen molar-refractivity contribution < 1.29 is 18.8 Å². The first-order valence-corrected chi connectivity index (χ1v) is 11.8. The molecule has 1 aromatic heterocycles. The van der Waals surface area contributed by atoms with Gasteiger partial charge in [0.1, 0.15) is 0 Å². The van der Waals surface area contributed by atoms with Gasteiger partial charge >= 0.3 is 6.03 Å². The minimum absolute atomic E-state index is 0.242. The van der Waals surface area contributed by atoms with Crippen LogP contribution in [-0.4, -0.2) is 48.1 Å². The number of urea groups is 1. The Morgan fingerprint density at radius 1 is 1.18 bits per heavy atom. The number of nitrogens with one attached hydrogen (secondary N) is 1. The van der Waals surface area contributed by atoms with Crippen LogP contribution in [0.5, 0.6) is 11.5 Å². The van der Waals surface area contributed by atoms with Crippen LogP contribution >= 0.6 is 11.8 Å². The normalized spacial score (nSPS) is 15.8. The Kier molecular flexibility index (Phi) is 6.93. The van der Waals surface area contributed by atoms with Crippen molar-refractivity contribution in [2.75, 3.05) is 27.0 Å². The van der Waals surface area contributed by atoms with E-state index in [4.69, 9.17) is 14.0 Å². The highest BCUT2D eigenvalue weighted by Crippen LogP contribution is 2.40. The number of methoxy groups -OCH3 is 2. The fourth-order valence-corrected chi connectivity index (χ4v) is 4.29. The number of rotatable bonds is 8. The highest BCUT2D eigenvalue weighted by Gasteiger charge is 2.35. The molecule has 9 heteroatoms. The molecule has 34 heavy (non-hydrogen) atoms. The molecule has 1 N–H and O–H groups in total. The van der Waals surface area contributed by atoms with Gasteiger partial charge in [0.05, 0.1) is 25.8 Å². The molecule has 0 bridgehead atoms. The Morgan fingerprint density at radius 2 is 1.91 bits per heavy atom. The van der Waals surface area contributed by atoms with Crippen LogP contribution in [0.2, 0.25) is 0 Å². The Labute approximate surface area is 202 Å². The largest absolute Gasteiger partial charge is 0.493 e. The smallest absolute Gasteiger partial charge is 0.322 e. The van der Waals surface area contributed by atoms with Crippen LogP contribution in [0.1, 0.15) is 24.4 Å². The molecule has 176 valence electrons. The summed E-state index contributed by atoms with van der Waals surface area (Å²) in [6.07, 6.45) is 3.70. The van der Waals surface area contributed by atoms with Crippen molar-refractivity contribution in [1.29, 1.82) is 0 Å². The Balaban J connectivity index is 1.81. The van der Waals surface area contributed by atoms with Gasteiger partial charge in [0.15, 0.2) is 11.5 Å². The molecule has 0 saturated carbocycles. The van der Waals surface area contributed by atoms with Crippen molar-refractivity contribution in [3.05, 3.63) is 72.3 Å². The Morgan fingerprint density at radius 3 is 2.56 bits per heavy atom. The van der Waals surface area contributed by atoms with Crippen LogP contribution < -0.4 is 14.8 Å². The van der Waals surface area contributed by atoms with Gasteiger partial charge in [0.25, 0.3) is 5.89 Å². The number of aromatic nitrogens is 2. The number of amides is 2. The summed E-state index contributed by atoms with van der Waals surface area (Å²) in [5, 5.41) is 7.26. The standard InChI is InChI=1S/C25H26N4O4S/c1-6-13-29-15(2)21(24-27-23(28-33-24)16-7-10-18(34-5)11-8-16)22(26-25(29)30)17-9-12-19(31-3)20(14-17)32-4/h6-12,14,22H,1,13H2,2-5H3,(H,26,30). The number of carbonyl (C=O) groups is 1. The van der Waals surface area contributed by atoms with Crippen molar-refractivity contribution in [2.24, 2.45) is 0 Å². The number of nitrogens with zero attached hydrogens (tertiary/aromatic N) is 3. The molecule has 2 amide bonds. The molecule has 2 heterocycles. The fourth-order valence-electron chi connectivity index (χ4n) is 3.88. The lowest BCUT2D eigenvalue weighted by molar-refractivity contribution is 0.209. The van der Waals surface area contributed by atoms with E-state index in [0.717, 1.165) is 16.0 Å². The molecule has 1 atom stereocenters. The molecule has 1 unspecified atom stereocenters. The summed E-state index contributed by atoms with van der Waals surface area (Å²) in [7, 11) is 3.15. The van der Waals surface area contributed by atoms with Gasteiger partial charge in [-0.25, -0.2) is 4.79 Å². The molecule has 0 aliphatic carbocycles. The summed E-state index contributed by atoms with van der Waals surface area (Å²) in [6.45, 7) is 5.98. The third-order valence-corrected chi connectivity index (χ3v) is 6.40. The van der Waals surface area contributed by atoms with Crippen LogP contribution in [0.4, 0.5) is 4.79 Å². The summed E-state index contributed by atoms with van der Waals surface area (Å²) < 4.78 is 16.6. The first-order chi connectivity index (χ1) is 16.5. The minimum atomic E-state index is -0.527. The van der Waals surface area contributed by atoms with E-state index in [-0.39, 0.29) is 6.03 Å². The predicted molar refractivity (Wildman–Crippen MR) is 132 cm³/mol. The van der Waals surface area contributed by atoms with Crippen LogP contribution in [0.25, 0.3) is 17.0 Å². The van der Waals surface area contributed by atoms with E-state index in [1.807, 2.05) is 49.6 Å². The minimum Gasteiger partial charge on any atom is -0.493 e. The summed E-state index contributed by atoms with van der Waals surface area (Å²) >= 11 is 1.66. The first-order valence-electron chi connectivity index (χ1n) is 10.6. The first kappa shape index (κ1) is 23.4. The molecule has 4 rings (SSSR count). The van der Waals surface area contributed by atoms with Crippen molar-refractivity contribution in [3.63, 3.8) is 0 Å². The lowest BCUT2D eigenvalue weighted by Gasteiger charge is -2.34. The van der Waals surface area contributed by atoms with Crippen LogP contribution in [0, 0.1) is 0 Å². The van der Waals surface area contributed by atoms with Crippen LogP contribution in [0.3, 0.4) is 0 Å². The Hall–Kier alpha value is -3.72. The highest BCUT2D eigenvalue weighted by atomic mass is 32.2. The molecule has 0 saturated heterocycles. The zero-order valence-electron chi connectivity index (χ0n) is 19.5. The number of carbonyl (C=O) groups excluding carboxylic acids is 1. The fraction of sp³-hybridized carbons (Fsp3) is 0.240. The summed E-state index contributed by atoms with van der Waals surface area (Å²) in [5.74, 6) is 1.95. The zero-order valence-corrected chi connectivity index (χ0v) is 20.3. The highest BCUT2D eigenvalue weighted by molar-refractivity contribution is 7.98. The number of hydrogen-bond donors (Lipinski definition) is 1. The van der Waals surface area contributed by atoms with Gasteiger partial charge in [-0.2, -0.15) is 4.98 Å². The number of thioether (sulfide) groups is 1. The maximum absolute atomic E-state index is 12.9. The molecule has 8 nitrogen and oxygen atoms in total. The van der Waals surface area contributed by atoms with Gasteiger partial charge in [-0.3, -0.25) is 4.90 Å². The van der Waals surface area contributed by atoms with E-state index >= 15 is 0 Å². The van der Waals surface area contributed by atoms with Crippen LogP contribution in [0.15, 0.2) is 70.2 Å². The lowest BCUT2D eigenvalue weighted by Crippen LogP contribution is -2.46. The van der Waals surface area contributed by atoms with Gasteiger partial charge in [-0.15, -0.1) is 18.3 Å². The quantitative estimate of drug-likeness (QED) is 0.353. The SMILES string of the molecule is C=CCN1C(=O)NC(c2ccc(OC)c(OC)c2)C(c2nc(-c3ccc(SC)cc3)no2)=C1C. The zero-order chi connectivity index (χ0) is 24.2. The topological polar surface area (TPSA) is 89.7 Å². The van der Waals surface area contributed by atoms with E-state index in [0.29, 0.717) is 41.0 Å². The second-order valence-electron chi connectivity index (χ2n) is 7.55. The summed E-state index contributed by atoms with van der Waals surface area (Å²) in [4.78, 5) is 20.3.